The number of aromatic nitrogens is 2. The van der Waals surface area contributed by atoms with Gasteiger partial charge < -0.3 is 14.8 Å². The molecular weight excluding hydrogens is 346 g/mol. The number of hydrogen-bond acceptors (Lipinski definition) is 6. The fraction of sp³-hybridized carbons (Fsp3) is 0.250. The molecule has 0 radical (unpaired) electrons. The van der Waals surface area contributed by atoms with Gasteiger partial charge in [0.15, 0.2) is 12.3 Å². The molecule has 2 aromatic carbocycles. The molecule has 7 nitrogen and oxygen atoms in total. The summed E-state index contributed by atoms with van der Waals surface area (Å²) in [5.41, 5.74) is 4.28. The second-order valence-corrected chi connectivity index (χ2v) is 6.18. The Hall–Kier alpha value is -3.35. The Labute approximate surface area is 157 Å². The zero-order valence-corrected chi connectivity index (χ0v) is 15.7. The molecule has 3 aromatic rings. The molecule has 3 rings (SSSR count). The summed E-state index contributed by atoms with van der Waals surface area (Å²) in [6.45, 7) is 5.72. The van der Waals surface area contributed by atoms with Crippen LogP contribution in [0.2, 0.25) is 0 Å². The van der Waals surface area contributed by atoms with Crippen LogP contribution in [0.25, 0.3) is 11.3 Å². The van der Waals surface area contributed by atoms with Crippen LogP contribution in [0.5, 0.6) is 11.5 Å². The molecule has 27 heavy (non-hydrogen) atoms. The first kappa shape index (κ1) is 18.4. The van der Waals surface area contributed by atoms with Gasteiger partial charge in [-0.2, -0.15) is 0 Å². The number of ether oxygens (including phenoxy) is 2. The van der Waals surface area contributed by atoms with Crippen LogP contribution in [0.3, 0.4) is 0 Å². The highest BCUT2D eigenvalue weighted by Gasteiger charge is 2.17. The number of amides is 1. The lowest BCUT2D eigenvalue weighted by atomic mass is 10.1. The molecule has 0 atom stereocenters. The number of nitrogens with zero attached hydrogens (tertiary/aromatic N) is 2. The third-order valence-corrected chi connectivity index (χ3v) is 4.35. The summed E-state index contributed by atoms with van der Waals surface area (Å²) in [4.78, 5) is 12.3. The van der Waals surface area contributed by atoms with Crippen molar-refractivity contribution in [3.8, 4) is 22.8 Å². The van der Waals surface area contributed by atoms with Crippen molar-refractivity contribution in [3.63, 3.8) is 0 Å². The molecule has 140 valence electrons. The molecule has 0 aliphatic rings. The molecule has 0 saturated heterocycles. The average molecular weight is 367 g/mol. The summed E-state index contributed by atoms with van der Waals surface area (Å²) in [5, 5.41) is 10.4. The van der Waals surface area contributed by atoms with Crippen LogP contribution in [0, 0.1) is 20.8 Å². The monoisotopic (exact) mass is 367 g/mol. The summed E-state index contributed by atoms with van der Waals surface area (Å²) in [6, 6.07) is 11.2. The van der Waals surface area contributed by atoms with E-state index in [0.29, 0.717) is 11.4 Å². The predicted molar refractivity (Wildman–Crippen MR) is 101 cm³/mol. The number of hydrogen-bond donors (Lipinski definition) is 1. The molecule has 1 N–H and O–H groups in total. The lowest BCUT2D eigenvalue weighted by Gasteiger charge is -2.11. The SMILES string of the molecule is COc1ccc(-c2nonc2NC(=O)COc2cccc(C)c2C)c(C)c1. The topological polar surface area (TPSA) is 86.5 Å². The van der Waals surface area contributed by atoms with Crippen molar-refractivity contribution in [2.75, 3.05) is 19.0 Å². The van der Waals surface area contributed by atoms with Crippen molar-refractivity contribution >= 4 is 11.7 Å². The van der Waals surface area contributed by atoms with Gasteiger partial charge in [-0.1, -0.05) is 12.1 Å². The predicted octanol–water partition coefficient (Wildman–Crippen LogP) is 3.69. The lowest BCUT2D eigenvalue weighted by Crippen LogP contribution is -2.21. The lowest BCUT2D eigenvalue weighted by molar-refractivity contribution is -0.118. The molecule has 0 unspecified atom stereocenters. The van der Waals surface area contributed by atoms with Gasteiger partial charge >= 0.3 is 0 Å². The number of carbonyl (C=O) groups is 1. The summed E-state index contributed by atoms with van der Waals surface area (Å²) in [6.07, 6.45) is 0. The van der Waals surface area contributed by atoms with E-state index in [2.05, 4.69) is 15.6 Å². The Kier molecular flexibility index (Phi) is 5.40. The van der Waals surface area contributed by atoms with Gasteiger partial charge in [0, 0.05) is 5.56 Å². The normalized spacial score (nSPS) is 10.5. The van der Waals surface area contributed by atoms with Crippen molar-refractivity contribution in [1.82, 2.24) is 10.3 Å². The molecule has 0 saturated carbocycles. The molecule has 1 heterocycles. The van der Waals surface area contributed by atoms with Crippen LogP contribution in [0.4, 0.5) is 5.82 Å². The van der Waals surface area contributed by atoms with E-state index in [1.165, 1.54) is 0 Å². The van der Waals surface area contributed by atoms with E-state index in [4.69, 9.17) is 14.1 Å². The van der Waals surface area contributed by atoms with Crippen molar-refractivity contribution in [3.05, 3.63) is 53.1 Å². The van der Waals surface area contributed by atoms with Crippen LogP contribution in [0.1, 0.15) is 16.7 Å². The molecule has 0 bridgehead atoms. The summed E-state index contributed by atoms with van der Waals surface area (Å²) < 4.78 is 15.7. The fourth-order valence-corrected chi connectivity index (χ4v) is 2.67. The number of rotatable bonds is 6. The molecule has 0 aliphatic carbocycles. The molecule has 0 fully saturated rings. The van der Waals surface area contributed by atoms with E-state index in [0.717, 1.165) is 28.0 Å². The van der Waals surface area contributed by atoms with E-state index in [-0.39, 0.29) is 18.3 Å². The van der Waals surface area contributed by atoms with Gasteiger partial charge in [-0.25, -0.2) is 4.63 Å². The Bertz CT molecular complexity index is 966. The Morgan fingerprint density at radius 3 is 2.67 bits per heavy atom. The molecule has 0 spiro atoms. The number of benzene rings is 2. The fourth-order valence-electron chi connectivity index (χ4n) is 2.67. The number of anilines is 1. The van der Waals surface area contributed by atoms with E-state index >= 15 is 0 Å². The van der Waals surface area contributed by atoms with Gasteiger partial charge in [-0.05, 0) is 72.0 Å². The molecular formula is C20H21N3O4. The molecule has 0 aliphatic heterocycles. The quantitative estimate of drug-likeness (QED) is 0.715. The number of aryl methyl sites for hydroxylation is 2. The summed E-state index contributed by atoms with van der Waals surface area (Å²) in [7, 11) is 1.60. The highest BCUT2D eigenvalue weighted by molar-refractivity contribution is 5.94. The maximum Gasteiger partial charge on any atom is 0.263 e. The van der Waals surface area contributed by atoms with Crippen LogP contribution in [0.15, 0.2) is 41.0 Å². The Morgan fingerprint density at radius 1 is 1.11 bits per heavy atom. The minimum atomic E-state index is -0.348. The second kappa shape index (κ2) is 7.90. The summed E-state index contributed by atoms with van der Waals surface area (Å²) >= 11 is 0. The van der Waals surface area contributed by atoms with Gasteiger partial charge in [0.1, 0.15) is 11.5 Å². The van der Waals surface area contributed by atoms with E-state index in [9.17, 15) is 4.79 Å². The molecule has 7 heteroatoms. The minimum absolute atomic E-state index is 0.141. The highest BCUT2D eigenvalue weighted by atomic mass is 16.6. The first-order valence-corrected chi connectivity index (χ1v) is 8.46. The van der Waals surface area contributed by atoms with Crippen LogP contribution >= 0.6 is 0 Å². The standard InChI is InChI=1S/C20H21N3O4/c1-12-6-5-7-17(14(12)3)26-11-18(24)21-20-19(22-27-23-20)16-9-8-15(25-4)10-13(16)2/h5-10H,11H2,1-4H3,(H,21,23,24). The maximum absolute atomic E-state index is 12.3. The third kappa shape index (κ3) is 4.08. The third-order valence-electron chi connectivity index (χ3n) is 4.35. The maximum atomic E-state index is 12.3. The summed E-state index contributed by atoms with van der Waals surface area (Å²) in [5.74, 6) is 1.31. The minimum Gasteiger partial charge on any atom is -0.497 e. The first-order valence-electron chi connectivity index (χ1n) is 8.46. The van der Waals surface area contributed by atoms with Gasteiger partial charge in [-0.3, -0.25) is 4.79 Å². The van der Waals surface area contributed by atoms with E-state index < -0.39 is 0 Å². The number of carbonyl (C=O) groups excluding carboxylic acids is 1. The van der Waals surface area contributed by atoms with E-state index in [1.807, 2.05) is 57.2 Å². The van der Waals surface area contributed by atoms with Crippen molar-refractivity contribution < 1.29 is 18.9 Å². The van der Waals surface area contributed by atoms with Gasteiger partial charge in [0.25, 0.3) is 5.91 Å². The zero-order chi connectivity index (χ0) is 19.4. The van der Waals surface area contributed by atoms with Crippen LogP contribution < -0.4 is 14.8 Å². The Morgan fingerprint density at radius 2 is 1.93 bits per heavy atom. The van der Waals surface area contributed by atoms with Crippen LogP contribution in [-0.2, 0) is 4.79 Å². The van der Waals surface area contributed by atoms with Gasteiger partial charge in [-0.15, -0.1) is 0 Å². The first-order chi connectivity index (χ1) is 13.0. The molecule has 1 aromatic heterocycles. The highest BCUT2D eigenvalue weighted by Crippen LogP contribution is 2.30. The van der Waals surface area contributed by atoms with Crippen molar-refractivity contribution in [2.45, 2.75) is 20.8 Å². The smallest absolute Gasteiger partial charge is 0.263 e. The number of methoxy groups -OCH3 is 1. The average Bonchev–Trinajstić information content (AvgIpc) is 3.10. The molecule has 1 amide bonds. The van der Waals surface area contributed by atoms with Gasteiger partial charge in [0.05, 0.1) is 7.11 Å². The van der Waals surface area contributed by atoms with Gasteiger partial charge in [0.2, 0.25) is 5.82 Å². The van der Waals surface area contributed by atoms with Crippen molar-refractivity contribution in [2.24, 2.45) is 0 Å². The largest absolute Gasteiger partial charge is 0.497 e. The zero-order valence-electron chi connectivity index (χ0n) is 15.7. The Balaban J connectivity index is 1.71. The van der Waals surface area contributed by atoms with Crippen molar-refractivity contribution in [1.29, 1.82) is 0 Å². The van der Waals surface area contributed by atoms with E-state index in [1.54, 1.807) is 7.11 Å². The number of nitrogens with one attached hydrogen (secondary N) is 1. The second-order valence-electron chi connectivity index (χ2n) is 6.18. The van der Waals surface area contributed by atoms with Crippen LogP contribution in [-0.4, -0.2) is 29.9 Å².